The highest BCUT2D eigenvalue weighted by Gasteiger charge is 2.30. The Morgan fingerprint density at radius 1 is 1.33 bits per heavy atom. The van der Waals surface area contributed by atoms with Crippen molar-refractivity contribution in [3.05, 3.63) is 39.5 Å². The fourth-order valence-electron chi connectivity index (χ4n) is 3.93. The molecule has 3 heterocycles. The van der Waals surface area contributed by atoms with E-state index in [1.165, 1.54) is 30.6 Å². The van der Waals surface area contributed by atoms with Crippen molar-refractivity contribution in [1.29, 1.82) is 0 Å². The number of rotatable bonds is 3. The van der Waals surface area contributed by atoms with Crippen LogP contribution in [0, 0.1) is 0 Å². The summed E-state index contributed by atoms with van der Waals surface area (Å²) in [5, 5.41) is 9.59. The predicted molar refractivity (Wildman–Crippen MR) is 99.9 cm³/mol. The highest BCUT2D eigenvalue weighted by molar-refractivity contribution is 6.43. The van der Waals surface area contributed by atoms with Crippen molar-refractivity contribution in [2.24, 2.45) is 0 Å². The summed E-state index contributed by atoms with van der Waals surface area (Å²) < 4.78 is 1.96. The van der Waals surface area contributed by atoms with E-state index < -0.39 is 0 Å². The van der Waals surface area contributed by atoms with E-state index in [1.807, 2.05) is 22.9 Å². The number of likely N-dealkylation sites (tertiary alicyclic amines) is 1. The summed E-state index contributed by atoms with van der Waals surface area (Å²) in [6.45, 7) is 6.61. The topological polar surface area (TPSA) is 33.1 Å². The van der Waals surface area contributed by atoms with Gasteiger partial charge >= 0.3 is 0 Å². The number of piperidine rings is 1. The lowest BCUT2D eigenvalue weighted by Gasteiger charge is -2.31. The first-order chi connectivity index (χ1) is 11.7. The molecule has 2 aromatic rings. The van der Waals surface area contributed by atoms with Crippen LogP contribution in [-0.2, 0) is 6.42 Å². The Morgan fingerprint density at radius 2 is 2.21 bits per heavy atom. The Kier molecular flexibility index (Phi) is 4.46. The average molecular weight is 365 g/mol. The zero-order valence-electron chi connectivity index (χ0n) is 13.9. The van der Waals surface area contributed by atoms with Gasteiger partial charge in [0.2, 0.25) is 0 Å². The summed E-state index contributed by atoms with van der Waals surface area (Å²) in [7, 11) is 0. The Labute approximate surface area is 152 Å². The number of anilines is 1. The number of likely N-dealkylation sites (N-methyl/N-ethyl adjacent to an activating group) is 1. The van der Waals surface area contributed by atoms with Crippen molar-refractivity contribution in [1.82, 2.24) is 14.7 Å². The van der Waals surface area contributed by atoms with Gasteiger partial charge in [-0.3, -0.25) is 0 Å². The first-order valence-corrected chi connectivity index (χ1v) is 9.47. The van der Waals surface area contributed by atoms with E-state index in [1.54, 1.807) is 0 Å². The standard InChI is InChI=1S/C18H22Cl2N4/c1-2-23-10-4-5-12(11-23)17-13-8-9-21-18(13)24(22-17)15-7-3-6-14(19)16(15)20/h3,6-7,12,21H,2,4-5,8-11H2,1H3. The van der Waals surface area contributed by atoms with Gasteiger partial charge in [0.25, 0.3) is 0 Å². The molecule has 0 saturated carbocycles. The number of benzene rings is 1. The smallest absolute Gasteiger partial charge is 0.133 e. The van der Waals surface area contributed by atoms with E-state index in [-0.39, 0.29) is 0 Å². The van der Waals surface area contributed by atoms with Crippen molar-refractivity contribution >= 4 is 29.0 Å². The lowest BCUT2D eigenvalue weighted by molar-refractivity contribution is 0.215. The predicted octanol–water partition coefficient (Wildman–Crippen LogP) is 4.35. The summed E-state index contributed by atoms with van der Waals surface area (Å²) >= 11 is 12.6. The van der Waals surface area contributed by atoms with Crippen LogP contribution >= 0.6 is 23.2 Å². The SMILES string of the molecule is CCN1CCCC(c2nn(-c3cccc(Cl)c3Cl)c3c2CCN3)C1. The number of aromatic nitrogens is 2. The van der Waals surface area contributed by atoms with E-state index in [0.29, 0.717) is 16.0 Å². The van der Waals surface area contributed by atoms with Crippen molar-refractivity contribution in [2.45, 2.75) is 32.1 Å². The third-order valence-corrected chi connectivity index (χ3v) is 5.99. The van der Waals surface area contributed by atoms with Crippen LogP contribution in [0.3, 0.4) is 0 Å². The molecule has 1 fully saturated rings. The minimum absolute atomic E-state index is 0.506. The highest BCUT2D eigenvalue weighted by atomic mass is 35.5. The molecular weight excluding hydrogens is 343 g/mol. The van der Waals surface area contributed by atoms with Crippen LogP contribution < -0.4 is 5.32 Å². The van der Waals surface area contributed by atoms with Gasteiger partial charge in [-0.25, -0.2) is 4.68 Å². The van der Waals surface area contributed by atoms with Crippen molar-refractivity contribution in [3.8, 4) is 5.69 Å². The molecule has 0 spiro atoms. The van der Waals surface area contributed by atoms with Gasteiger partial charge in [-0.2, -0.15) is 5.10 Å². The maximum atomic E-state index is 6.44. The molecule has 1 saturated heterocycles. The highest BCUT2D eigenvalue weighted by Crippen LogP contribution is 2.38. The number of hydrogen-bond donors (Lipinski definition) is 1. The van der Waals surface area contributed by atoms with Crippen LogP contribution in [-0.4, -0.2) is 40.9 Å². The van der Waals surface area contributed by atoms with Crippen LogP contribution in [0.25, 0.3) is 5.69 Å². The van der Waals surface area contributed by atoms with Crippen molar-refractivity contribution < 1.29 is 0 Å². The number of nitrogens with zero attached hydrogens (tertiary/aromatic N) is 3. The zero-order chi connectivity index (χ0) is 16.7. The van der Waals surface area contributed by atoms with E-state index in [4.69, 9.17) is 28.3 Å². The van der Waals surface area contributed by atoms with Crippen molar-refractivity contribution in [3.63, 3.8) is 0 Å². The third kappa shape index (κ3) is 2.71. The van der Waals surface area contributed by atoms with E-state index in [2.05, 4.69) is 17.1 Å². The molecule has 4 nitrogen and oxygen atoms in total. The van der Waals surface area contributed by atoms with Crippen LogP contribution in [0.1, 0.15) is 36.9 Å². The molecule has 0 bridgehead atoms. The van der Waals surface area contributed by atoms with Gasteiger partial charge in [0.1, 0.15) is 5.82 Å². The largest absolute Gasteiger partial charge is 0.369 e. The summed E-state index contributed by atoms with van der Waals surface area (Å²) in [4.78, 5) is 2.52. The minimum Gasteiger partial charge on any atom is -0.369 e. The van der Waals surface area contributed by atoms with Gasteiger partial charge in [-0.1, -0.05) is 36.2 Å². The number of hydrogen-bond acceptors (Lipinski definition) is 3. The normalized spacial score (nSPS) is 20.9. The molecule has 4 rings (SSSR count). The molecule has 1 aromatic carbocycles. The molecule has 2 aliphatic rings. The fourth-order valence-corrected chi connectivity index (χ4v) is 4.30. The van der Waals surface area contributed by atoms with Crippen LogP contribution in [0.5, 0.6) is 0 Å². The Morgan fingerprint density at radius 3 is 3.04 bits per heavy atom. The maximum Gasteiger partial charge on any atom is 0.133 e. The lowest BCUT2D eigenvalue weighted by atomic mass is 9.92. The molecule has 6 heteroatoms. The zero-order valence-corrected chi connectivity index (χ0v) is 15.4. The third-order valence-electron chi connectivity index (χ3n) is 5.18. The first-order valence-electron chi connectivity index (χ1n) is 8.71. The number of fused-ring (bicyclic) bond motifs is 1. The molecular formula is C18H22Cl2N4. The second kappa shape index (κ2) is 6.58. The van der Waals surface area contributed by atoms with Crippen LogP contribution in [0.15, 0.2) is 18.2 Å². The molecule has 1 aromatic heterocycles. The van der Waals surface area contributed by atoms with Gasteiger partial charge in [0.15, 0.2) is 0 Å². The fraction of sp³-hybridized carbons (Fsp3) is 0.500. The summed E-state index contributed by atoms with van der Waals surface area (Å²) in [5.74, 6) is 1.59. The van der Waals surface area contributed by atoms with Crippen molar-refractivity contribution in [2.75, 3.05) is 31.5 Å². The molecule has 1 unspecified atom stereocenters. The quantitative estimate of drug-likeness (QED) is 0.878. The van der Waals surface area contributed by atoms with E-state index in [9.17, 15) is 0 Å². The second-order valence-corrected chi connectivity index (χ2v) is 7.39. The van der Waals surface area contributed by atoms with E-state index >= 15 is 0 Å². The van der Waals surface area contributed by atoms with Crippen LogP contribution in [0.2, 0.25) is 10.0 Å². The molecule has 0 aliphatic carbocycles. The second-order valence-electron chi connectivity index (χ2n) is 6.61. The molecule has 0 radical (unpaired) electrons. The van der Waals surface area contributed by atoms with Gasteiger partial charge in [0, 0.05) is 24.6 Å². The summed E-state index contributed by atoms with van der Waals surface area (Å²) in [6, 6.07) is 5.71. The molecule has 128 valence electrons. The Balaban J connectivity index is 1.77. The maximum absolute atomic E-state index is 6.44. The molecule has 0 amide bonds. The molecule has 1 atom stereocenters. The number of nitrogens with one attached hydrogen (secondary N) is 1. The van der Waals surface area contributed by atoms with Crippen LogP contribution in [0.4, 0.5) is 5.82 Å². The van der Waals surface area contributed by atoms with Gasteiger partial charge < -0.3 is 10.2 Å². The van der Waals surface area contributed by atoms with Gasteiger partial charge in [0.05, 0.1) is 21.4 Å². The minimum atomic E-state index is 0.506. The monoisotopic (exact) mass is 364 g/mol. The van der Waals surface area contributed by atoms with Gasteiger partial charge in [-0.05, 0) is 44.5 Å². The Bertz CT molecular complexity index is 756. The van der Waals surface area contributed by atoms with Gasteiger partial charge in [-0.15, -0.1) is 0 Å². The van der Waals surface area contributed by atoms with E-state index in [0.717, 1.165) is 37.6 Å². The molecule has 1 N–H and O–H groups in total. The molecule has 2 aliphatic heterocycles. The molecule has 24 heavy (non-hydrogen) atoms. The Hall–Kier alpha value is -1.23. The average Bonchev–Trinajstić information content (AvgIpc) is 3.20. The summed E-state index contributed by atoms with van der Waals surface area (Å²) in [5.41, 5.74) is 3.45. The number of halogens is 2. The lowest BCUT2D eigenvalue weighted by Crippen LogP contribution is -2.34. The first kappa shape index (κ1) is 16.2. The summed E-state index contributed by atoms with van der Waals surface area (Å²) in [6.07, 6.45) is 3.49.